The number of carbonyl (C=O) groups is 1. The van der Waals surface area contributed by atoms with Gasteiger partial charge in [0.05, 0.1) is 35.5 Å². The molecular formula is C29H23N5O2. The van der Waals surface area contributed by atoms with E-state index in [1.807, 2.05) is 37.3 Å². The normalized spacial score (nSPS) is 11.7. The number of phenolic OH excluding ortho intramolecular Hbond substituents is 1. The number of hydrogen-bond donors (Lipinski definition) is 3. The molecule has 6 rings (SSSR count). The Morgan fingerprint density at radius 3 is 2.39 bits per heavy atom. The molecule has 0 atom stereocenters. The number of amides is 1. The molecule has 1 amide bonds. The molecule has 0 saturated heterocycles. The Hall–Kier alpha value is -4.78. The van der Waals surface area contributed by atoms with Gasteiger partial charge >= 0.3 is 0 Å². The third-order valence-electron chi connectivity index (χ3n) is 6.49. The second kappa shape index (κ2) is 8.78. The van der Waals surface area contributed by atoms with Gasteiger partial charge in [-0.1, -0.05) is 42.5 Å². The summed E-state index contributed by atoms with van der Waals surface area (Å²) in [5, 5.41) is 20.2. The Morgan fingerprint density at radius 1 is 0.944 bits per heavy atom. The summed E-state index contributed by atoms with van der Waals surface area (Å²) in [5.74, 6) is 0.113. The summed E-state index contributed by atoms with van der Waals surface area (Å²) in [6, 6.07) is 21.2. The molecule has 7 heteroatoms. The van der Waals surface area contributed by atoms with Gasteiger partial charge < -0.3 is 10.4 Å². The number of hydrogen-bond acceptors (Lipinski definition) is 5. The van der Waals surface area contributed by atoms with Crippen molar-refractivity contribution >= 4 is 5.91 Å². The Balaban J connectivity index is 1.20. The number of benzene rings is 3. The number of rotatable bonds is 5. The predicted octanol–water partition coefficient (Wildman–Crippen LogP) is 5.05. The number of aromatic nitrogens is 4. The number of H-pyrrole nitrogens is 1. The van der Waals surface area contributed by atoms with Gasteiger partial charge in [0.25, 0.3) is 5.91 Å². The first kappa shape index (κ1) is 21.7. The number of nitrogens with one attached hydrogen (secondary N) is 2. The molecule has 0 fully saturated rings. The van der Waals surface area contributed by atoms with Crippen LogP contribution in [0.3, 0.4) is 0 Å². The van der Waals surface area contributed by atoms with Crippen LogP contribution in [-0.4, -0.2) is 31.2 Å². The summed E-state index contributed by atoms with van der Waals surface area (Å²) in [6.07, 6.45) is 4.08. The summed E-state index contributed by atoms with van der Waals surface area (Å²) in [4.78, 5) is 21.3. The summed E-state index contributed by atoms with van der Waals surface area (Å²) < 4.78 is 0. The number of phenols is 1. The molecule has 0 saturated carbocycles. The lowest BCUT2D eigenvalue weighted by Gasteiger charge is -2.07. The van der Waals surface area contributed by atoms with E-state index in [2.05, 4.69) is 49.7 Å². The molecule has 3 aromatic carbocycles. The van der Waals surface area contributed by atoms with Gasteiger partial charge in [0, 0.05) is 34.9 Å². The Bertz CT molecular complexity index is 1570. The van der Waals surface area contributed by atoms with Crippen LogP contribution in [0.15, 0.2) is 79.1 Å². The van der Waals surface area contributed by atoms with Crippen LogP contribution in [-0.2, 0) is 13.0 Å². The average molecular weight is 474 g/mol. The number of carbonyl (C=O) groups excluding carboxylic acids is 1. The van der Waals surface area contributed by atoms with E-state index >= 15 is 0 Å². The van der Waals surface area contributed by atoms with E-state index in [-0.39, 0.29) is 11.7 Å². The van der Waals surface area contributed by atoms with Crippen molar-refractivity contribution in [1.82, 2.24) is 25.5 Å². The second-order valence-electron chi connectivity index (χ2n) is 8.93. The van der Waals surface area contributed by atoms with Crippen molar-refractivity contribution < 1.29 is 9.90 Å². The second-order valence-corrected chi connectivity index (χ2v) is 8.93. The molecule has 2 heterocycles. The van der Waals surface area contributed by atoms with Crippen LogP contribution in [0.25, 0.3) is 33.6 Å². The summed E-state index contributed by atoms with van der Waals surface area (Å²) >= 11 is 0. The first-order valence-electron chi connectivity index (χ1n) is 11.7. The zero-order valence-corrected chi connectivity index (χ0v) is 19.6. The molecule has 36 heavy (non-hydrogen) atoms. The molecule has 1 aliphatic carbocycles. The van der Waals surface area contributed by atoms with Crippen LogP contribution in [0, 0.1) is 6.92 Å². The van der Waals surface area contributed by atoms with Crippen LogP contribution in [0.4, 0.5) is 0 Å². The molecule has 0 unspecified atom stereocenters. The zero-order chi connectivity index (χ0) is 24.6. The molecule has 0 radical (unpaired) electrons. The van der Waals surface area contributed by atoms with E-state index in [9.17, 15) is 9.90 Å². The van der Waals surface area contributed by atoms with E-state index in [0.29, 0.717) is 18.5 Å². The molecule has 2 aromatic heterocycles. The van der Waals surface area contributed by atoms with Crippen molar-refractivity contribution in [2.75, 3.05) is 0 Å². The molecule has 0 spiro atoms. The lowest BCUT2D eigenvalue weighted by Crippen LogP contribution is -2.23. The van der Waals surface area contributed by atoms with Crippen molar-refractivity contribution in [2.45, 2.75) is 19.9 Å². The maximum Gasteiger partial charge on any atom is 0.251 e. The highest BCUT2D eigenvalue weighted by atomic mass is 16.3. The number of fused-ring (bicyclic) bond motifs is 3. The molecule has 1 aliphatic rings. The van der Waals surface area contributed by atoms with Gasteiger partial charge in [0.1, 0.15) is 5.75 Å². The van der Waals surface area contributed by atoms with Gasteiger partial charge in [-0.15, -0.1) is 0 Å². The van der Waals surface area contributed by atoms with E-state index in [4.69, 9.17) is 0 Å². The predicted molar refractivity (Wildman–Crippen MR) is 137 cm³/mol. The minimum atomic E-state index is -0.140. The van der Waals surface area contributed by atoms with Crippen LogP contribution in [0.1, 0.15) is 32.9 Å². The maximum atomic E-state index is 12.8. The number of aryl methyl sites for hydroxylation is 1. The van der Waals surface area contributed by atoms with Crippen molar-refractivity contribution in [3.05, 3.63) is 107 Å². The quantitative estimate of drug-likeness (QED) is 0.325. The third-order valence-corrected chi connectivity index (χ3v) is 6.49. The van der Waals surface area contributed by atoms with Crippen LogP contribution in [0.2, 0.25) is 0 Å². The molecule has 3 N–H and O–H groups in total. The molecule has 0 bridgehead atoms. The van der Waals surface area contributed by atoms with Gasteiger partial charge in [-0.05, 0) is 47.9 Å². The highest BCUT2D eigenvalue weighted by Crippen LogP contribution is 2.40. The van der Waals surface area contributed by atoms with Gasteiger partial charge in [-0.2, -0.15) is 5.10 Å². The monoisotopic (exact) mass is 473 g/mol. The van der Waals surface area contributed by atoms with Crippen LogP contribution >= 0.6 is 0 Å². The molecule has 7 nitrogen and oxygen atoms in total. The largest absolute Gasteiger partial charge is 0.508 e. The maximum absolute atomic E-state index is 12.8. The summed E-state index contributed by atoms with van der Waals surface area (Å²) in [5.41, 5.74) is 10.6. The third kappa shape index (κ3) is 4.01. The standard InChI is InChI=1S/C29H23N5O2/c1-17-14-31-23(15-30-17)16-32-29(36)21-8-11-25-22(12-21)13-26-27(33-34-28(25)26)20-4-2-18(3-5-20)19-6-9-24(35)10-7-19/h2-12,14-15,35H,13,16H2,1H3,(H,32,36)(H,33,34). The van der Waals surface area contributed by atoms with E-state index in [0.717, 1.165) is 56.2 Å². The van der Waals surface area contributed by atoms with Crippen molar-refractivity contribution in [1.29, 1.82) is 0 Å². The minimum Gasteiger partial charge on any atom is -0.508 e. The van der Waals surface area contributed by atoms with Crippen molar-refractivity contribution in [3.63, 3.8) is 0 Å². The van der Waals surface area contributed by atoms with Crippen LogP contribution < -0.4 is 5.32 Å². The summed E-state index contributed by atoms with van der Waals surface area (Å²) in [6.45, 7) is 2.21. The highest BCUT2D eigenvalue weighted by Gasteiger charge is 2.26. The van der Waals surface area contributed by atoms with E-state index < -0.39 is 0 Å². The van der Waals surface area contributed by atoms with Gasteiger partial charge in [-0.25, -0.2) is 0 Å². The van der Waals surface area contributed by atoms with E-state index in [1.165, 1.54) is 0 Å². The average Bonchev–Trinajstić information content (AvgIpc) is 3.48. The zero-order valence-electron chi connectivity index (χ0n) is 19.6. The number of aromatic hydroxyl groups is 1. The molecule has 0 aliphatic heterocycles. The minimum absolute atomic E-state index is 0.140. The smallest absolute Gasteiger partial charge is 0.251 e. The first-order valence-corrected chi connectivity index (χ1v) is 11.7. The first-order chi connectivity index (χ1) is 17.5. The Kier molecular flexibility index (Phi) is 5.30. The fraction of sp³-hybridized carbons (Fsp3) is 0.103. The number of aromatic amines is 1. The van der Waals surface area contributed by atoms with Gasteiger partial charge in [-0.3, -0.25) is 19.9 Å². The van der Waals surface area contributed by atoms with E-state index in [1.54, 1.807) is 24.5 Å². The van der Waals surface area contributed by atoms with Crippen molar-refractivity contribution in [3.8, 4) is 39.4 Å². The Morgan fingerprint density at radius 2 is 1.67 bits per heavy atom. The summed E-state index contributed by atoms with van der Waals surface area (Å²) in [7, 11) is 0. The highest BCUT2D eigenvalue weighted by molar-refractivity contribution is 5.95. The molecule has 176 valence electrons. The topological polar surface area (TPSA) is 104 Å². The molecule has 5 aromatic rings. The van der Waals surface area contributed by atoms with Gasteiger partial charge in [0.15, 0.2) is 0 Å². The molecular weight excluding hydrogens is 450 g/mol. The lowest BCUT2D eigenvalue weighted by molar-refractivity contribution is 0.0950. The Labute approximate surface area is 207 Å². The van der Waals surface area contributed by atoms with Crippen molar-refractivity contribution in [2.24, 2.45) is 0 Å². The SMILES string of the molecule is Cc1cnc(CNC(=O)c2ccc3c(c2)Cc2c(-c4ccc(-c5ccc(O)cc5)cc4)n[nH]c2-3)cn1. The van der Waals surface area contributed by atoms with Gasteiger partial charge in [0.2, 0.25) is 0 Å². The number of nitrogens with zero attached hydrogens (tertiary/aromatic N) is 3. The fourth-order valence-electron chi connectivity index (χ4n) is 4.57. The van der Waals surface area contributed by atoms with Crippen LogP contribution in [0.5, 0.6) is 5.75 Å². The fourth-order valence-corrected chi connectivity index (χ4v) is 4.57. The lowest BCUT2D eigenvalue weighted by atomic mass is 10.0.